The van der Waals surface area contributed by atoms with E-state index in [1.54, 1.807) is 41.9 Å². The van der Waals surface area contributed by atoms with Gasteiger partial charge in [-0.25, -0.2) is 14.6 Å². The van der Waals surface area contributed by atoms with Gasteiger partial charge in [-0.3, -0.25) is 15.4 Å². The zero-order valence-electron chi connectivity index (χ0n) is 13.7. The van der Waals surface area contributed by atoms with Gasteiger partial charge >= 0.3 is 0 Å². The van der Waals surface area contributed by atoms with E-state index in [-0.39, 0.29) is 37.2 Å². The molecular formula is C16H15Cl3N8. The summed E-state index contributed by atoms with van der Waals surface area (Å²) >= 11 is 0. The van der Waals surface area contributed by atoms with Gasteiger partial charge in [-0.2, -0.15) is 10.2 Å². The molecule has 8 nitrogen and oxygen atoms in total. The lowest BCUT2D eigenvalue weighted by molar-refractivity contribution is 0.892. The number of nitrogens with zero attached hydrogens (tertiary/aromatic N) is 7. The van der Waals surface area contributed by atoms with Crippen LogP contribution in [0.25, 0.3) is 16.7 Å². The molecule has 0 bridgehead atoms. The van der Waals surface area contributed by atoms with Gasteiger partial charge in [-0.05, 0) is 29.8 Å². The van der Waals surface area contributed by atoms with E-state index in [1.807, 2.05) is 24.3 Å². The second kappa shape index (κ2) is 10.4. The topological polar surface area (TPSA) is 93.8 Å². The van der Waals surface area contributed by atoms with Crippen LogP contribution in [0.15, 0.2) is 66.7 Å². The Balaban J connectivity index is 0.00000121. The minimum absolute atomic E-state index is 0. The van der Waals surface area contributed by atoms with Crippen molar-refractivity contribution in [2.75, 3.05) is 5.43 Å². The number of rotatable bonds is 4. The molecule has 4 heterocycles. The largest absolute Gasteiger partial charge is 0.265 e. The quantitative estimate of drug-likeness (QED) is 0.398. The van der Waals surface area contributed by atoms with Gasteiger partial charge in [0.25, 0.3) is 0 Å². The van der Waals surface area contributed by atoms with Crippen molar-refractivity contribution in [1.29, 1.82) is 0 Å². The van der Waals surface area contributed by atoms with Gasteiger partial charge in [0.05, 0.1) is 23.5 Å². The lowest BCUT2D eigenvalue weighted by atomic mass is 10.3. The molecule has 0 saturated heterocycles. The molecule has 0 amide bonds. The molecule has 0 spiro atoms. The third-order valence-electron chi connectivity index (χ3n) is 3.36. The number of pyridine rings is 2. The maximum Gasteiger partial charge on any atom is 0.168 e. The first-order valence-electron chi connectivity index (χ1n) is 7.20. The maximum absolute atomic E-state index is 4.38. The molecule has 4 aromatic heterocycles. The molecule has 0 atom stereocenters. The van der Waals surface area contributed by atoms with Crippen LogP contribution in [0, 0.1) is 0 Å². The maximum atomic E-state index is 4.38. The summed E-state index contributed by atoms with van der Waals surface area (Å²) in [7, 11) is 0. The number of anilines is 1. The second-order valence-electron chi connectivity index (χ2n) is 4.87. The second-order valence-corrected chi connectivity index (χ2v) is 4.87. The first kappa shape index (κ1) is 22.2. The van der Waals surface area contributed by atoms with Crippen LogP contribution in [-0.2, 0) is 0 Å². The van der Waals surface area contributed by atoms with Gasteiger partial charge in [0.1, 0.15) is 6.33 Å². The average Bonchev–Trinajstić information content (AvgIpc) is 3.08. The van der Waals surface area contributed by atoms with E-state index in [0.29, 0.717) is 11.5 Å². The highest BCUT2D eigenvalue weighted by molar-refractivity contribution is 5.88. The Morgan fingerprint density at radius 1 is 0.889 bits per heavy atom. The summed E-state index contributed by atoms with van der Waals surface area (Å²) in [5.74, 6) is 0.589. The number of aromatic nitrogens is 6. The fraction of sp³-hybridized carbons (Fsp3) is 0. The van der Waals surface area contributed by atoms with Crippen LogP contribution in [0.4, 0.5) is 5.82 Å². The van der Waals surface area contributed by atoms with Crippen molar-refractivity contribution >= 4 is 60.3 Å². The molecule has 4 rings (SSSR count). The average molecular weight is 426 g/mol. The summed E-state index contributed by atoms with van der Waals surface area (Å²) in [5, 5.41) is 9.36. The zero-order chi connectivity index (χ0) is 16.2. The van der Waals surface area contributed by atoms with E-state index in [9.17, 15) is 0 Å². The van der Waals surface area contributed by atoms with Crippen LogP contribution in [-0.4, -0.2) is 35.9 Å². The summed E-state index contributed by atoms with van der Waals surface area (Å²) in [6.45, 7) is 0. The van der Waals surface area contributed by atoms with Crippen molar-refractivity contribution in [3.63, 3.8) is 0 Å². The molecule has 11 heteroatoms. The van der Waals surface area contributed by atoms with E-state index in [4.69, 9.17) is 0 Å². The Bertz CT molecular complexity index is 992. The van der Waals surface area contributed by atoms with Crippen LogP contribution in [0.2, 0.25) is 0 Å². The monoisotopic (exact) mass is 424 g/mol. The molecule has 0 fully saturated rings. The predicted molar refractivity (Wildman–Crippen MR) is 112 cm³/mol. The number of hydrazone groups is 1. The van der Waals surface area contributed by atoms with E-state index in [2.05, 4.69) is 35.6 Å². The Hall–Kier alpha value is -2.81. The molecule has 27 heavy (non-hydrogen) atoms. The number of halogens is 3. The van der Waals surface area contributed by atoms with E-state index < -0.39 is 0 Å². The van der Waals surface area contributed by atoms with Crippen LogP contribution < -0.4 is 5.43 Å². The van der Waals surface area contributed by atoms with Crippen LogP contribution in [0.1, 0.15) is 5.56 Å². The van der Waals surface area contributed by atoms with Gasteiger partial charge in [-0.15, -0.1) is 37.2 Å². The third kappa shape index (κ3) is 4.88. The molecule has 4 aromatic rings. The van der Waals surface area contributed by atoms with Crippen LogP contribution >= 0.6 is 37.2 Å². The fourth-order valence-electron chi connectivity index (χ4n) is 2.22. The summed E-state index contributed by atoms with van der Waals surface area (Å²) in [4.78, 5) is 16.5. The first-order valence-corrected chi connectivity index (χ1v) is 7.20. The molecular weight excluding hydrogens is 411 g/mol. The number of hydrogen-bond donors (Lipinski definition) is 1. The minimum Gasteiger partial charge on any atom is -0.265 e. The molecule has 0 radical (unpaired) electrons. The number of fused-ring (bicyclic) bond motifs is 1. The molecule has 1 N–H and O–H groups in total. The first-order chi connectivity index (χ1) is 11.9. The number of nitrogens with one attached hydrogen (secondary N) is 1. The van der Waals surface area contributed by atoms with Crippen molar-refractivity contribution in [3.8, 4) is 5.69 Å². The normalized spacial score (nSPS) is 9.93. The van der Waals surface area contributed by atoms with Crippen molar-refractivity contribution in [1.82, 2.24) is 29.7 Å². The van der Waals surface area contributed by atoms with Crippen LogP contribution in [0.3, 0.4) is 0 Å². The molecule has 0 saturated carbocycles. The molecule has 0 aromatic carbocycles. The Morgan fingerprint density at radius 2 is 1.56 bits per heavy atom. The Morgan fingerprint density at radius 3 is 2.26 bits per heavy atom. The van der Waals surface area contributed by atoms with Gasteiger partial charge in [-0.1, -0.05) is 0 Å². The predicted octanol–water partition coefficient (Wildman–Crippen LogP) is 3.32. The minimum atomic E-state index is 0. The van der Waals surface area contributed by atoms with E-state index in [0.717, 1.165) is 16.6 Å². The van der Waals surface area contributed by atoms with Gasteiger partial charge in [0, 0.05) is 24.8 Å². The van der Waals surface area contributed by atoms with Crippen molar-refractivity contribution in [3.05, 3.63) is 67.1 Å². The summed E-state index contributed by atoms with van der Waals surface area (Å²) in [5.41, 5.74) is 5.45. The van der Waals surface area contributed by atoms with E-state index >= 15 is 0 Å². The highest BCUT2D eigenvalue weighted by Crippen LogP contribution is 2.21. The van der Waals surface area contributed by atoms with Crippen molar-refractivity contribution in [2.24, 2.45) is 5.10 Å². The fourth-order valence-corrected chi connectivity index (χ4v) is 2.22. The lowest BCUT2D eigenvalue weighted by Crippen LogP contribution is -1.99. The molecule has 0 aliphatic heterocycles. The molecule has 140 valence electrons. The van der Waals surface area contributed by atoms with Crippen molar-refractivity contribution < 1.29 is 0 Å². The highest BCUT2D eigenvalue weighted by atomic mass is 35.5. The molecule has 0 aliphatic rings. The SMILES string of the molecule is C(=NNc1ncnc2c1cnn2-c1ccncc1)c1ccncc1.Cl.Cl.Cl. The standard InChI is InChI=1S/C16H12N8.3ClH/c1-5-17-6-2-12(1)9-21-23-15-14-10-22-24(16(14)20-11-19-15)13-3-7-18-8-4-13;;;/h1-11H,(H,19,20,23);3*1H. The smallest absolute Gasteiger partial charge is 0.168 e. The Kier molecular flexibility index (Phi) is 8.53. The van der Waals surface area contributed by atoms with E-state index in [1.165, 1.54) is 6.33 Å². The summed E-state index contributed by atoms with van der Waals surface area (Å²) < 4.78 is 1.73. The highest BCUT2D eigenvalue weighted by Gasteiger charge is 2.10. The lowest BCUT2D eigenvalue weighted by Gasteiger charge is -2.03. The summed E-state index contributed by atoms with van der Waals surface area (Å²) in [6.07, 6.45) is 11.7. The van der Waals surface area contributed by atoms with Gasteiger partial charge < -0.3 is 0 Å². The molecule has 0 unspecified atom stereocenters. The zero-order valence-corrected chi connectivity index (χ0v) is 16.2. The molecule has 0 aliphatic carbocycles. The van der Waals surface area contributed by atoms with Crippen LogP contribution in [0.5, 0.6) is 0 Å². The van der Waals surface area contributed by atoms with Crippen molar-refractivity contribution in [2.45, 2.75) is 0 Å². The number of hydrogen-bond acceptors (Lipinski definition) is 7. The Labute approximate surface area is 173 Å². The summed E-state index contributed by atoms with van der Waals surface area (Å²) in [6, 6.07) is 7.46. The van der Waals surface area contributed by atoms with Gasteiger partial charge in [0.15, 0.2) is 11.5 Å². The third-order valence-corrected chi connectivity index (χ3v) is 3.36. The van der Waals surface area contributed by atoms with Gasteiger partial charge in [0.2, 0.25) is 0 Å².